The molecule has 6 heteroatoms. The Hall–Kier alpha value is -1.04. The van der Waals surface area contributed by atoms with Crippen LogP contribution in [0.5, 0.6) is 0 Å². The number of hydrogen-bond donors (Lipinski definition) is 1. The third-order valence-corrected chi connectivity index (χ3v) is 2.07. The van der Waals surface area contributed by atoms with Gasteiger partial charge in [0.1, 0.15) is 0 Å². The number of hydrogen-bond acceptors (Lipinski definition) is 1. The fourth-order valence-electron chi connectivity index (χ4n) is 1.11. The number of benzene rings is 1. The van der Waals surface area contributed by atoms with E-state index in [9.17, 15) is 18.0 Å². The molecule has 1 rings (SSSR count). The van der Waals surface area contributed by atoms with Gasteiger partial charge in [-0.1, -0.05) is 15.9 Å². The Morgan fingerprint density at radius 1 is 1.33 bits per heavy atom. The first-order chi connectivity index (χ1) is 6.78. The topological polar surface area (TPSA) is 37.3 Å². The first kappa shape index (κ1) is 12.0. The lowest BCUT2D eigenvalue weighted by molar-refractivity contribution is -0.127. The van der Waals surface area contributed by atoms with Gasteiger partial charge in [-0.15, -0.1) is 0 Å². The minimum absolute atomic E-state index is 0.0747. The molecule has 0 aromatic heterocycles. The van der Waals surface area contributed by atoms with Crippen LogP contribution in [0.2, 0.25) is 0 Å². The Morgan fingerprint density at radius 2 is 1.93 bits per heavy atom. The summed E-state index contributed by atoms with van der Waals surface area (Å²) in [5.74, 6) is -1.25. The Kier molecular flexibility index (Phi) is 3.38. The molecular weight excluding hydrogens is 277 g/mol. The predicted molar refractivity (Wildman–Crippen MR) is 50.9 cm³/mol. The number of carboxylic acid groups (broad SMARTS) is 1. The summed E-state index contributed by atoms with van der Waals surface area (Å²) in [5.41, 5.74) is -0.238. The normalized spacial score (nSPS) is 11.5. The van der Waals surface area contributed by atoms with Crippen molar-refractivity contribution in [3.05, 3.63) is 33.8 Å². The minimum atomic E-state index is -4.34. The van der Waals surface area contributed by atoms with Crippen molar-refractivity contribution in [1.82, 2.24) is 0 Å². The molecule has 0 aliphatic heterocycles. The molecule has 0 saturated carbocycles. The van der Waals surface area contributed by atoms with E-state index in [4.69, 9.17) is 5.11 Å². The van der Waals surface area contributed by atoms with Crippen LogP contribution in [-0.2, 0) is 6.42 Å². The zero-order valence-electron chi connectivity index (χ0n) is 7.31. The second-order valence-corrected chi connectivity index (χ2v) is 3.86. The molecule has 0 amide bonds. The molecule has 1 N–H and O–H groups in total. The van der Waals surface area contributed by atoms with Crippen molar-refractivity contribution in [3.8, 4) is 0 Å². The summed E-state index contributed by atoms with van der Waals surface area (Å²) in [5, 5.41) is 8.63. The van der Waals surface area contributed by atoms with Crippen molar-refractivity contribution < 1.29 is 23.1 Å². The van der Waals surface area contributed by atoms with E-state index in [1.165, 1.54) is 12.1 Å². The van der Waals surface area contributed by atoms with Gasteiger partial charge in [0.25, 0.3) is 0 Å². The lowest BCUT2D eigenvalue weighted by Crippen LogP contribution is -2.12. The smallest absolute Gasteiger partial charge is 0.393 e. The van der Waals surface area contributed by atoms with Gasteiger partial charge in [0, 0.05) is 4.47 Å². The van der Waals surface area contributed by atoms with Crippen LogP contribution in [-0.4, -0.2) is 17.3 Å². The summed E-state index contributed by atoms with van der Waals surface area (Å²) in [7, 11) is 0. The van der Waals surface area contributed by atoms with Gasteiger partial charge in [0.15, 0.2) is 0 Å². The number of carboxylic acids is 1. The van der Waals surface area contributed by atoms with E-state index in [2.05, 4.69) is 15.9 Å². The van der Waals surface area contributed by atoms with Crippen LogP contribution >= 0.6 is 15.9 Å². The monoisotopic (exact) mass is 282 g/mol. The fraction of sp³-hybridized carbons (Fsp3) is 0.222. The van der Waals surface area contributed by atoms with Gasteiger partial charge >= 0.3 is 12.1 Å². The van der Waals surface area contributed by atoms with Crippen LogP contribution in [0, 0.1) is 0 Å². The van der Waals surface area contributed by atoms with E-state index < -0.39 is 18.6 Å². The largest absolute Gasteiger partial charge is 0.478 e. The SMILES string of the molecule is O=C(O)c1cc(Br)cc(CC(F)(F)F)c1. The van der Waals surface area contributed by atoms with E-state index >= 15 is 0 Å². The summed E-state index contributed by atoms with van der Waals surface area (Å²) in [6, 6.07) is 3.52. The van der Waals surface area contributed by atoms with E-state index in [1.807, 2.05) is 0 Å². The molecule has 2 nitrogen and oxygen atoms in total. The van der Waals surface area contributed by atoms with Crippen molar-refractivity contribution >= 4 is 21.9 Å². The molecular formula is C9H6BrF3O2. The Bertz CT molecular complexity index is 387. The van der Waals surface area contributed by atoms with Gasteiger partial charge in [-0.2, -0.15) is 13.2 Å². The molecule has 0 radical (unpaired) electrons. The fourth-order valence-corrected chi connectivity index (χ4v) is 1.65. The lowest BCUT2D eigenvalue weighted by atomic mass is 10.1. The second-order valence-electron chi connectivity index (χ2n) is 2.95. The predicted octanol–water partition coefficient (Wildman–Crippen LogP) is 3.25. The number of rotatable bonds is 2. The van der Waals surface area contributed by atoms with E-state index in [-0.39, 0.29) is 11.1 Å². The van der Waals surface area contributed by atoms with Crippen molar-refractivity contribution in [3.63, 3.8) is 0 Å². The number of halogens is 4. The molecule has 0 bridgehead atoms. The van der Waals surface area contributed by atoms with Crippen LogP contribution in [0.15, 0.2) is 22.7 Å². The number of alkyl halides is 3. The molecule has 0 aliphatic rings. The maximum Gasteiger partial charge on any atom is 0.393 e. The molecule has 0 atom stereocenters. The Labute approximate surface area is 91.8 Å². The van der Waals surface area contributed by atoms with E-state index in [1.54, 1.807) is 0 Å². The van der Waals surface area contributed by atoms with Gasteiger partial charge < -0.3 is 5.11 Å². The molecule has 0 aliphatic carbocycles. The van der Waals surface area contributed by atoms with Crippen LogP contribution in [0.4, 0.5) is 13.2 Å². The molecule has 0 heterocycles. The van der Waals surface area contributed by atoms with Crippen LogP contribution in [0.25, 0.3) is 0 Å². The Balaban J connectivity index is 3.04. The highest BCUT2D eigenvalue weighted by Gasteiger charge is 2.28. The summed E-state index contributed by atoms with van der Waals surface area (Å²) in [6.07, 6.45) is -5.47. The standard InChI is InChI=1S/C9H6BrF3O2/c10-7-2-5(4-9(11,12)13)1-6(3-7)8(14)15/h1-3H,4H2,(H,14,15). The summed E-state index contributed by atoms with van der Waals surface area (Å²) < 4.78 is 36.5. The van der Waals surface area contributed by atoms with Crippen LogP contribution in [0.1, 0.15) is 15.9 Å². The highest BCUT2D eigenvalue weighted by Crippen LogP contribution is 2.24. The minimum Gasteiger partial charge on any atom is -0.478 e. The van der Waals surface area contributed by atoms with E-state index in [0.29, 0.717) is 4.47 Å². The molecule has 1 aromatic carbocycles. The molecule has 0 saturated heterocycles. The van der Waals surface area contributed by atoms with Crippen molar-refractivity contribution in [1.29, 1.82) is 0 Å². The highest BCUT2D eigenvalue weighted by molar-refractivity contribution is 9.10. The summed E-state index contributed by atoms with van der Waals surface area (Å²) >= 11 is 2.96. The summed E-state index contributed by atoms with van der Waals surface area (Å²) in [4.78, 5) is 10.6. The van der Waals surface area contributed by atoms with E-state index in [0.717, 1.165) is 6.07 Å². The zero-order chi connectivity index (χ0) is 11.6. The number of carbonyl (C=O) groups is 1. The van der Waals surface area contributed by atoms with Crippen molar-refractivity contribution in [2.75, 3.05) is 0 Å². The molecule has 0 fully saturated rings. The average Bonchev–Trinajstić information content (AvgIpc) is 1.99. The molecule has 82 valence electrons. The van der Waals surface area contributed by atoms with Gasteiger partial charge in [0.2, 0.25) is 0 Å². The maximum absolute atomic E-state index is 12.0. The van der Waals surface area contributed by atoms with Crippen molar-refractivity contribution in [2.24, 2.45) is 0 Å². The van der Waals surface area contributed by atoms with Gasteiger partial charge in [0.05, 0.1) is 12.0 Å². The second kappa shape index (κ2) is 4.22. The van der Waals surface area contributed by atoms with Gasteiger partial charge in [-0.25, -0.2) is 4.79 Å². The quantitative estimate of drug-likeness (QED) is 0.904. The van der Waals surface area contributed by atoms with Crippen LogP contribution < -0.4 is 0 Å². The summed E-state index contributed by atoms with van der Waals surface area (Å²) in [6.45, 7) is 0. The molecule has 0 unspecified atom stereocenters. The van der Waals surface area contributed by atoms with Gasteiger partial charge in [-0.3, -0.25) is 0 Å². The van der Waals surface area contributed by atoms with Crippen LogP contribution in [0.3, 0.4) is 0 Å². The highest BCUT2D eigenvalue weighted by atomic mass is 79.9. The lowest BCUT2D eigenvalue weighted by Gasteiger charge is -2.07. The first-order valence-electron chi connectivity index (χ1n) is 3.87. The third-order valence-electron chi connectivity index (χ3n) is 1.61. The first-order valence-corrected chi connectivity index (χ1v) is 4.67. The maximum atomic E-state index is 12.0. The molecule has 15 heavy (non-hydrogen) atoms. The molecule has 0 spiro atoms. The zero-order valence-corrected chi connectivity index (χ0v) is 8.89. The third kappa shape index (κ3) is 3.91. The van der Waals surface area contributed by atoms with Gasteiger partial charge in [-0.05, 0) is 23.8 Å². The number of aromatic carboxylic acids is 1. The average molecular weight is 283 g/mol. The molecule has 1 aromatic rings. The van der Waals surface area contributed by atoms with Crippen molar-refractivity contribution in [2.45, 2.75) is 12.6 Å². The Morgan fingerprint density at radius 3 is 2.40 bits per heavy atom.